The second kappa shape index (κ2) is 14.2. The van der Waals surface area contributed by atoms with Crippen LogP contribution in [-0.4, -0.2) is 51.9 Å². The normalized spacial score (nSPS) is 11.8. The summed E-state index contributed by atoms with van der Waals surface area (Å²) in [7, 11) is -1.18. The number of benzene rings is 4. The van der Waals surface area contributed by atoms with E-state index in [1.54, 1.807) is 61.7 Å². The van der Waals surface area contributed by atoms with Gasteiger partial charge in [0.1, 0.15) is 18.3 Å². The van der Waals surface area contributed by atoms with Crippen molar-refractivity contribution in [1.82, 2.24) is 10.2 Å². The van der Waals surface area contributed by atoms with Crippen molar-refractivity contribution in [3.05, 3.63) is 125 Å². The van der Waals surface area contributed by atoms with Gasteiger partial charge in [-0.25, -0.2) is 8.42 Å². The second-order valence-electron chi connectivity index (χ2n) is 9.97. The monoisotopic (exact) mass is 619 g/mol. The van der Waals surface area contributed by atoms with Gasteiger partial charge in [0.2, 0.25) is 11.8 Å². The molecular formula is C33H34ClN3O5S. The Morgan fingerprint density at radius 2 is 1.53 bits per heavy atom. The van der Waals surface area contributed by atoms with Gasteiger partial charge in [0.15, 0.2) is 0 Å². The molecule has 10 heteroatoms. The molecule has 0 aliphatic carbocycles. The molecule has 4 aromatic carbocycles. The van der Waals surface area contributed by atoms with Gasteiger partial charge in [-0.3, -0.25) is 13.9 Å². The van der Waals surface area contributed by atoms with Crippen molar-refractivity contribution in [1.29, 1.82) is 0 Å². The largest absolute Gasteiger partial charge is 0.497 e. The van der Waals surface area contributed by atoms with Crippen LogP contribution in [0, 0.1) is 6.92 Å². The molecule has 0 heterocycles. The van der Waals surface area contributed by atoms with Crippen molar-refractivity contribution in [3.8, 4) is 5.75 Å². The van der Waals surface area contributed by atoms with Gasteiger partial charge in [-0.1, -0.05) is 83.9 Å². The van der Waals surface area contributed by atoms with Crippen LogP contribution in [0.5, 0.6) is 5.75 Å². The highest BCUT2D eigenvalue weighted by Gasteiger charge is 2.35. The number of rotatable bonds is 12. The molecule has 8 nitrogen and oxygen atoms in total. The van der Waals surface area contributed by atoms with Crippen molar-refractivity contribution in [2.75, 3.05) is 25.0 Å². The predicted molar refractivity (Wildman–Crippen MR) is 169 cm³/mol. The van der Waals surface area contributed by atoms with Crippen molar-refractivity contribution >= 4 is 39.1 Å². The van der Waals surface area contributed by atoms with Crippen molar-refractivity contribution in [3.63, 3.8) is 0 Å². The van der Waals surface area contributed by atoms with Crippen LogP contribution in [0.1, 0.15) is 16.7 Å². The summed E-state index contributed by atoms with van der Waals surface area (Å²) in [4.78, 5) is 29.1. The van der Waals surface area contributed by atoms with E-state index in [0.717, 1.165) is 15.4 Å². The van der Waals surface area contributed by atoms with E-state index in [-0.39, 0.29) is 34.5 Å². The first-order valence-electron chi connectivity index (χ1n) is 13.7. The number of hydrogen-bond donors (Lipinski definition) is 1. The number of carbonyl (C=O) groups is 2. The molecule has 0 aliphatic rings. The molecule has 4 rings (SSSR count). The molecule has 0 radical (unpaired) electrons. The van der Waals surface area contributed by atoms with Crippen LogP contribution in [0.3, 0.4) is 0 Å². The van der Waals surface area contributed by atoms with Crippen molar-refractivity contribution in [2.45, 2.75) is 30.8 Å². The zero-order chi connectivity index (χ0) is 31.0. The number of anilines is 1. The van der Waals surface area contributed by atoms with Gasteiger partial charge in [-0.05, 0) is 54.4 Å². The summed E-state index contributed by atoms with van der Waals surface area (Å²) in [6, 6.07) is 28.4. The van der Waals surface area contributed by atoms with E-state index >= 15 is 0 Å². The molecule has 0 spiro atoms. The Kier molecular flexibility index (Phi) is 10.4. The van der Waals surface area contributed by atoms with Gasteiger partial charge in [-0.15, -0.1) is 0 Å². The fraction of sp³-hybridized carbons (Fsp3) is 0.212. The minimum atomic E-state index is -4.24. The van der Waals surface area contributed by atoms with E-state index in [1.807, 2.05) is 43.3 Å². The standard InChI is InChI=1S/C33H34ClN3O5S/c1-24-16-18-28(19-17-24)43(40,41)37(30-15-8-7-14-29(30)34)23-32(38)36(22-26-12-9-13-27(20-26)42-3)31(33(39)35-2)21-25-10-5-4-6-11-25/h4-20,31H,21-23H2,1-3H3,(H,35,39). The zero-order valence-corrected chi connectivity index (χ0v) is 25.8. The third-order valence-corrected chi connectivity index (χ3v) is 9.11. The summed E-state index contributed by atoms with van der Waals surface area (Å²) in [5.41, 5.74) is 2.59. The van der Waals surface area contributed by atoms with E-state index in [1.165, 1.54) is 24.1 Å². The van der Waals surface area contributed by atoms with Crippen molar-refractivity contribution < 1.29 is 22.7 Å². The third kappa shape index (κ3) is 7.74. The van der Waals surface area contributed by atoms with Crippen LogP contribution in [0.2, 0.25) is 5.02 Å². The quantitative estimate of drug-likeness (QED) is 0.234. The lowest BCUT2D eigenvalue weighted by atomic mass is 10.0. The average molecular weight is 620 g/mol. The Labute approximate surface area is 257 Å². The lowest BCUT2D eigenvalue weighted by Gasteiger charge is -2.33. The Morgan fingerprint density at radius 1 is 0.884 bits per heavy atom. The number of sulfonamides is 1. The molecule has 0 fully saturated rings. The number of halogens is 1. The number of likely N-dealkylation sites (N-methyl/N-ethyl adjacent to an activating group) is 1. The van der Waals surface area contributed by atoms with Gasteiger partial charge in [0, 0.05) is 20.0 Å². The molecule has 0 saturated heterocycles. The average Bonchev–Trinajstić information content (AvgIpc) is 3.02. The molecule has 1 unspecified atom stereocenters. The topological polar surface area (TPSA) is 96.0 Å². The van der Waals surface area contributed by atoms with E-state index in [4.69, 9.17) is 16.3 Å². The number of methoxy groups -OCH3 is 1. The van der Waals surface area contributed by atoms with E-state index < -0.39 is 28.5 Å². The minimum absolute atomic E-state index is 0.0114. The summed E-state index contributed by atoms with van der Waals surface area (Å²) < 4.78 is 34.5. The Balaban J connectivity index is 1.80. The van der Waals surface area contributed by atoms with E-state index in [9.17, 15) is 18.0 Å². The maximum Gasteiger partial charge on any atom is 0.264 e. The predicted octanol–water partition coefficient (Wildman–Crippen LogP) is 5.24. The van der Waals surface area contributed by atoms with Gasteiger partial charge in [0.25, 0.3) is 10.0 Å². The summed E-state index contributed by atoms with van der Waals surface area (Å²) in [5, 5.41) is 2.84. The third-order valence-electron chi connectivity index (χ3n) is 7.01. The number of nitrogens with zero attached hydrogens (tertiary/aromatic N) is 2. The lowest BCUT2D eigenvalue weighted by Crippen LogP contribution is -2.53. The van der Waals surface area contributed by atoms with Crippen LogP contribution < -0.4 is 14.4 Å². The smallest absolute Gasteiger partial charge is 0.264 e. The molecule has 0 bridgehead atoms. The minimum Gasteiger partial charge on any atom is -0.497 e. The summed E-state index contributed by atoms with van der Waals surface area (Å²) in [6.07, 6.45) is 0.215. The van der Waals surface area contributed by atoms with Gasteiger partial charge >= 0.3 is 0 Å². The summed E-state index contributed by atoms with van der Waals surface area (Å²) in [5.74, 6) is -0.377. The Bertz CT molecular complexity index is 1660. The number of hydrogen-bond acceptors (Lipinski definition) is 5. The first-order chi connectivity index (χ1) is 20.6. The maximum atomic E-state index is 14.3. The Hall–Kier alpha value is -4.34. The SMILES string of the molecule is CNC(=O)C(Cc1ccccc1)N(Cc1cccc(OC)c1)C(=O)CN(c1ccccc1Cl)S(=O)(=O)c1ccc(C)cc1. The number of aryl methyl sites for hydroxylation is 1. The molecule has 43 heavy (non-hydrogen) atoms. The highest BCUT2D eigenvalue weighted by Crippen LogP contribution is 2.31. The van der Waals surface area contributed by atoms with Crippen LogP contribution in [0.4, 0.5) is 5.69 Å². The molecule has 2 amide bonds. The molecule has 0 saturated carbocycles. The maximum absolute atomic E-state index is 14.3. The number of carbonyl (C=O) groups excluding carboxylic acids is 2. The highest BCUT2D eigenvalue weighted by molar-refractivity contribution is 7.92. The van der Waals surface area contributed by atoms with Gasteiger partial charge in [-0.2, -0.15) is 0 Å². The highest BCUT2D eigenvalue weighted by atomic mass is 35.5. The molecular weight excluding hydrogens is 586 g/mol. The molecule has 0 aromatic heterocycles. The molecule has 1 N–H and O–H groups in total. The Morgan fingerprint density at radius 3 is 2.19 bits per heavy atom. The fourth-order valence-electron chi connectivity index (χ4n) is 4.69. The molecule has 1 atom stereocenters. The summed E-state index contributed by atoms with van der Waals surface area (Å²) in [6.45, 7) is 1.29. The molecule has 0 aliphatic heterocycles. The lowest BCUT2D eigenvalue weighted by molar-refractivity contribution is -0.139. The van der Waals surface area contributed by atoms with E-state index in [0.29, 0.717) is 11.3 Å². The fourth-order valence-corrected chi connectivity index (χ4v) is 6.41. The van der Waals surface area contributed by atoms with E-state index in [2.05, 4.69) is 5.32 Å². The second-order valence-corrected chi connectivity index (χ2v) is 12.2. The van der Waals surface area contributed by atoms with Crippen LogP contribution in [0.15, 0.2) is 108 Å². The van der Waals surface area contributed by atoms with Crippen LogP contribution in [0.25, 0.3) is 0 Å². The number of amides is 2. The van der Waals surface area contributed by atoms with Crippen molar-refractivity contribution in [2.24, 2.45) is 0 Å². The number of ether oxygens (including phenoxy) is 1. The molecule has 224 valence electrons. The zero-order valence-electron chi connectivity index (χ0n) is 24.2. The van der Waals surface area contributed by atoms with Crippen LogP contribution in [-0.2, 0) is 32.6 Å². The van der Waals surface area contributed by atoms with Crippen LogP contribution >= 0.6 is 11.6 Å². The molecule has 4 aromatic rings. The first-order valence-corrected chi connectivity index (χ1v) is 15.5. The number of para-hydroxylation sites is 1. The number of nitrogens with one attached hydrogen (secondary N) is 1. The first kappa shape index (κ1) is 31.6. The summed E-state index contributed by atoms with van der Waals surface area (Å²) >= 11 is 6.50. The van der Waals surface area contributed by atoms with Gasteiger partial charge in [0.05, 0.1) is 22.7 Å². The van der Waals surface area contributed by atoms with Gasteiger partial charge < -0.3 is 15.0 Å².